The Hall–Kier alpha value is -2.25. The summed E-state index contributed by atoms with van der Waals surface area (Å²) in [6, 6.07) is 16.1. The maximum absolute atomic E-state index is 13.0. The molecule has 0 bridgehead atoms. The first kappa shape index (κ1) is 22.4. The maximum atomic E-state index is 13.0. The Morgan fingerprint density at radius 1 is 1.03 bits per heavy atom. The van der Waals surface area contributed by atoms with Gasteiger partial charge in [0.15, 0.2) is 0 Å². The van der Waals surface area contributed by atoms with Crippen LogP contribution in [0.5, 0.6) is 0 Å². The number of carbonyl (C=O) groups is 1. The fraction of sp³-hybridized carbons (Fsp3) is 0.435. The van der Waals surface area contributed by atoms with Crippen LogP contribution in [0.15, 0.2) is 54.6 Å². The van der Waals surface area contributed by atoms with Crippen molar-refractivity contribution < 1.29 is 17.6 Å². The first-order chi connectivity index (χ1) is 14.4. The average Bonchev–Trinajstić information content (AvgIpc) is 2.76. The number of nitrogens with zero attached hydrogens (tertiary/aromatic N) is 1. The molecule has 0 aromatic heterocycles. The van der Waals surface area contributed by atoms with Crippen molar-refractivity contribution in [3.63, 3.8) is 0 Å². The highest BCUT2D eigenvalue weighted by atomic mass is 32.2. The first-order valence-corrected chi connectivity index (χ1v) is 12.1. The smallest absolute Gasteiger partial charge is 0.224 e. The van der Waals surface area contributed by atoms with Gasteiger partial charge in [-0.1, -0.05) is 42.5 Å². The third-order valence-corrected chi connectivity index (χ3v) is 7.41. The van der Waals surface area contributed by atoms with E-state index in [9.17, 15) is 17.6 Å². The van der Waals surface area contributed by atoms with Crippen molar-refractivity contribution in [3.05, 3.63) is 71.5 Å². The molecule has 1 atom stereocenters. The predicted octanol–water partition coefficient (Wildman–Crippen LogP) is 3.16. The van der Waals surface area contributed by atoms with E-state index in [0.29, 0.717) is 38.8 Å². The third-order valence-electron chi connectivity index (χ3n) is 5.49. The normalized spacial score (nSPS) is 17.6. The van der Waals surface area contributed by atoms with Crippen molar-refractivity contribution in [1.82, 2.24) is 9.62 Å². The Morgan fingerprint density at radius 2 is 1.73 bits per heavy atom. The summed E-state index contributed by atoms with van der Waals surface area (Å²) >= 11 is 0. The van der Waals surface area contributed by atoms with Gasteiger partial charge in [0.05, 0.1) is 11.7 Å². The van der Waals surface area contributed by atoms with Crippen molar-refractivity contribution in [3.8, 4) is 0 Å². The second-order valence-corrected chi connectivity index (χ2v) is 9.86. The van der Waals surface area contributed by atoms with Crippen LogP contribution in [0, 0.1) is 11.7 Å². The lowest BCUT2D eigenvalue weighted by Crippen LogP contribution is -2.46. The molecule has 0 saturated carbocycles. The summed E-state index contributed by atoms with van der Waals surface area (Å²) < 4.78 is 39.9. The molecule has 1 aliphatic rings. The minimum atomic E-state index is -3.37. The van der Waals surface area contributed by atoms with Crippen LogP contribution >= 0.6 is 0 Å². The molecule has 0 unspecified atom stereocenters. The molecule has 1 fully saturated rings. The molecule has 2 aromatic carbocycles. The summed E-state index contributed by atoms with van der Waals surface area (Å²) in [6.07, 6.45) is 3.28. The molecule has 1 N–H and O–H groups in total. The van der Waals surface area contributed by atoms with Gasteiger partial charge in [-0.2, -0.15) is 0 Å². The first-order valence-electron chi connectivity index (χ1n) is 10.5. The van der Waals surface area contributed by atoms with Gasteiger partial charge in [0.1, 0.15) is 5.82 Å². The molecule has 1 heterocycles. The summed E-state index contributed by atoms with van der Waals surface area (Å²) in [7, 11) is -3.37. The number of benzene rings is 2. The van der Waals surface area contributed by atoms with Gasteiger partial charge in [0.2, 0.25) is 15.9 Å². The Labute approximate surface area is 178 Å². The summed E-state index contributed by atoms with van der Waals surface area (Å²) in [5.74, 6) is -0.618. The molecule has 5 nitrogen and oxygen atoms in total. The molecule has 1 aliphatic heterocycles. The van der Waals surface area contributed by atoms with Gasteiger partial charge < -0.3 is 5.32 Å². The molecular formula is C23H29FN2O3S. The number of hydrogen-bond acceptors (Lipinski definition) is 3. The largest absolute Gasteiger partial charge is 0.355 e. The van der Waals surface area contributed by atoms with Gasteiger partial charge in [-0.15, -0.1) is 0 Å². The molecule has 1 amide bonds. The van der Waals surface area contributed by atoms with E-state index in [1.54, 1.807) is 12.1 Å². The van der Waals surface area contributed by atoms with Crippen LogP contribution < -0.4 is 5.32 Å². The van der Waals surface area contributed by atoms with Crippen molar-refractivity contribution in [2.45, 2.75) is 32.1 Å². The molecule has 3 rings (SSSR count). The number of amides is 1. The van der Waals surface area contributed by atoms with E-state index in [4.69, 9.17) is 0 Å². The van der Waals surface area contributed by atoms with Crippen LogP contribution in [-0.2, 0) is 27.7 Å². The molecule has 30 heavy (non-hydrogen) atoms. The molecular weight excluding hydrogens is 403 g/mol. The molecule has 0 spiro atoms. The summed E-state index contributed by atoms with van der Waals surface area (Å²) in [4.78, 5) is 12.5. The van der Waals surface area contributed by atoms with Gasteiger partial charge >= 0.3 is 0 Å². The zero-order valence-electron chi connectivity index (χ0n) is 17.1. The van der Waals surface area contributed by atoms with Crippen molar-refractivity contribution in [2.75, 3.05) is 25.4 Å². The van der Waals surface area contributed by atoms with Gasteiger partial charge in [-0.05, 0) is 55.4 Å². The number of nitrogens with one attached hydrogen (secondary N) is 1. The summed E-state index contributed by atoms with van der Waals surface area (Å²) in [5, 5.41) is 2.90. The highest BCUT2D eigenvalue weighted by Crippen LogP contribution is 2.20. The van der Waals surface area contributed by atoms with Crippen LogP contribution in [0.1, 0.15) is 30.4 Å². The number of halogens is 1. The lowest BCUT2D eigenvalue weighted by molar-refractivity contribution is -0.126. The Morgan fingerprint density at radius 3 is 2.47 bits per heavy atom. The Balaban J connectivity index is 1.44. The second kappa shape index (κ2) is 10.7. The van der Waals surface area contributed by atoms with Gasteiger partial charge in [0, 0.05) is 19.6 Å². The van der Waals surface area contributed by atoms with Crippen LogP contribution in [0.3, 0.4) is 0 Å². The van der Waals surface area contributed by atoms with Crippen molar-refractivity contribution in [1.29, 1.82) is 0 Å². The number of piperidine rings is 1. The van der Waals surface area contributed by atoms with Crippen LogP contribution in [0.2, 0.25) is 0 Å². The van der Waals surface area contributed by atoms with Crippen LogP contribution in [-0.4, -0.2) is 44.0 Å². The van der Waals surface area contributed by atoms with Crippen molar-refractivity contribution >= 4 is 15.9 Å². The zero-order valence-corrected chi connectivity index (χ0v) is 17.9. The van der Waals surface area contributed by atoms with E-state index in [1.807, 2.05) is 30.3 Å². The standard InChI is InChI=1S/C23H29FN2O3S/c24-22-12-10-20(11-13-22)14-15-25-23(27)21-9-4-16-26(18-21)30(28,29)17-5-8-19-6-2-1-3-7-19/h1-3,6-7,10-13,21H,4-5,8-9,14-18H2,(H,25,27)/t21-/m0/s1. The number of sulfonamides is 1. The molecule has 1 saturated heterocycles. The molecule has 2 aromatic rings. The van der Waals surface area contributed by atoms with Crippen molar-refractivity contribution in [2.24, 2.45) is 5.92 Å². The van der Waals surface area contributed by atoms with Gasteiger partial charge in [-0.25, -0.2) is 17.1 Å². The second-order valence-electron chi connectivity index (χ2n) is 7.77. The number of hydrogen-bond donors (Lipinski definition) is 1. The van der Waals surface area contributed by atoms with Gasteiger partial charge in [-0.3, -0.25) is 4.79 Å². The fourth-order valence-electron chi connectivity index (χ4n) is 3.77. The zero-order chi connectivity index (χ0) is 21.4. The lowest BCUT2D eigenvalue weighted by Gasteiger charge is -2.31. The van der Waals surface area contributed by atoms with Crippen LogP contribution in [0.25, 0.3) is 0 Å². The third kappa shape index (κ3) is 6.64. The van der Waals surface area contributed by atoms with Crippen LogP contribution in [0.4, 0.5) is 4.39 Å². The molecule has 7 heteroatoms. The van der Waals surface area contributed by atoms with Gasteiger partial charge in [0.25, 0.3) is 0 Å². The van der Waals surface area contributed by atoms with E-state index in [0.717, 1.165) is 17.5 Å². The average molecular weight is 433 g/mol. The van der Waals surface area contributed by atoms with E-state index in [-0.39, 0.29) is 29.9 Å². The number of carbonyl (C=O) groups excluding carboxylic acids is 1. The summed E-state index contributed by atoms with van der Waals surface area (Å²) in [5.41, 5.74) is 2.08. The monoisotopic (exact) mass is 432 g/mol. The minimum Gasteiger partial charge on any atom is -0.355 e. The SMILES string of the molecule is O=C(NCCc1ccc(F)cc1)[C@H]1CCCN(S(=O)(=O)CCCc2ccccc2)C1. The fourth-order valence-corrected chi connectivity index (χ4v) is 5.35. The van der Waals surface area contributed by atoms with E-state index >= 15 is 0 Å². The number of aryl methyl sites for hydroxylation is 1. The Bertz CT molecular complexity index is 917. The van der Waals surface area contributed by atoms with E-state index < -0.39 is 10.0 Å². The number of rotatable bonds is 9. The highest BCUT2D eigenvalue weighted by Gasteiger charge is 2.31. The molecule has 0 aliphatic carbocycles. The quantitative estimate of drug-likeness (QED) is 0.662. The molecule has 0 radical (unpaired) electrons. The Kier molecular flexibility index (Phi) is 7.99. The van der Waals surface area contributed by atoms with E-state index in [1.165, 1.54) is 16.4 Å². The maximum Gasteiger partial charge on any atom is 0.224 e. The summed E-state index contributed by atoms with van der Waals surface area (Å²) in [6.45, 7) is 1.17. The highest BCUT2D eigenvalue weighted by molar-refractivity contribution is 7.89. The minimum absolute atomic E-state index is 0.0980. The lowest BCUT2D eigenvalue weighted by atomic mass is 9.99. The topological polar surface area (TPSA) is 66.5 Å². The predicted molar refractivity (Wildman–Crippen MR) is 116 cm³/mol. The van der Waals surface area contributed by atoms with E-state index in [2.05, 4.69) is 5.32 Å². The molecule has 162 valence electrons.